The molecule has 1 unspecified atom stereocenters. The standard InChI is InChI=1S/C20H26N4O.ClH/c1-15-10-19-14-23(8-9-24(19)22-15)20(25)12-17-4-2-16(3-5-17)11-18-6-7-21-13-18;/h2-5,10,18,21H,6-9,11-14H2,1H3;1H. The number of benzene rings is 1. The summed E-state index contributed by atoms with van der Waals surface area (Å²) in [7, 11) is 0. The highest BCUT2D eigenvalue weighted by Crippen LogP contribution is 2.17. The molecule has 1 amide bonds. The topological polar surface area (TPSA) is 50.2 Å². The molecular weight excluding hydrogens is 348 g/mol. The first-order valence-electron chi connectivity index (χ1n) is 9.27. The Labute approximate surface area is 161 Å². The van der Waals surface area contributed by atoms with E-state index in [0.717, 1.165) is 55.5 Å². The maximum atomic E-state index is 12.6. The first kappa shape index (κ1) is 18.9. The zero-order chi connectivity index (χ0) is 17.2. The van der Waals surface area contributed by atoms with Crippen LogP contribution in [0.15, 0.2) is 30.3 Å². The summed E-state index contributed by atoms with van der Waals surface area (Å²) in [6, 6.07) is 10.7. The number of amides is 1. The predicted octanol–water partition coefficient (Wildman–Crippen LogP) is 2.35. The van der Waals surface area contributed by atoms with Crippen LogP contribution in [0.25, 0.3) is 0 Å². The molecule has 0 aliphatic carbocycles. The van der Waals surface area contributed by atoms with Crippen LogP contribution in [0.1, 0.15) is 28.9 Å². The van der Waals surface area contributed by atoms with Gasteiger partial charge in [0.25, 0.3) is 0 Å². The Bertz CT molecular complexity index is 750. The number of carbonyl (C=O) groups is 1. The smallest absolute Gasteiger partial charge is 0.227 e. The van der Waals surface area contributed by atoms with Crippen LogP contribution >= 0.6 is 12.4 Å². The molecule has 2 aromatic rings. The molecule has 1 aromatic carbocycles. The molecule has 1 N–H and O–H groups in total. The van der Waals surface area contributed by atoms with Crippen LogP contribution in [0.4, 0.5) is 0 Å². The van der Waals surface area contributed by atoms with Gasteiger partial charge in [-0.1, -0.05) is 24.3 Å². The van der Waals surface area contributed by atoms with Crippen molar-refractivity contribution in [3.05, 3.63) is 52.8 Å². The minimum atomic E-state index is 0. The number of halogens is 1. The molecule has 26 heavy (non-hydrogen) atoms. The highest BCUT2D eigenvalue weighted by Gasteiger charge is 2.22. The van der Waals surface area contributed by atoms with Crippen molar-refractivity contribution in [1.82, 2.24) is 20.0 Å². The van der Waals surface area contributed by atoms with E-state index in [-0.39, 0.29) is 18.3 Å². The van der Waals surface area contributed by atoms with Crippen LogP contribution in [0, 0.1) is 12.8 Å². The van der Waals surface area contributed by atoms with Crippen LogP contribution < -0.4 is 5.32 Å². The average molecular weight is 375 g/mol. The van der Waals surface area contributed by atoms with Crippen molar-refractivity contribution in [3.63, 3.8) is 0 Å². The van der Waals surface area contributed by atoms with Crippen molar-refractivity contribution in [1.29, 1.82) is 0 Å². The van der Waals surface area contributed by atoms with E-state index in [9.17, 15) is 4.79 Å². The first-order chi connectivity index (χ1) is 12.2. The fraction of sp³-hybridized carbons (Fsp3) is 0.500. The fourth-order valence-corrected chi connectivity index (χ4v) is 3.92. The van der Waals surface area contributed by atoms with E-state index in [4.69, 9.17) is 0 Å². The van der Waals surface area contributed by atoms with E-state index in [2.05, 4.69) is 40.7 Å². The van der Waals surface area contributed by atoms with Gasteiger partial charge in [0, 0.05) is 6.54 Å². The van der Waals surface area contributed by atoms with Gasteiger partial charge in [-0.2, -0.15) is 5.10 Å². The molecule has 2 aliphatic heterocycles. The quantitative estimate of drug-likeness (QED) is 0.893. The lowest BCUT2D eigenvalue weighted by Gasteiger charge is -2.27. The summed E-state index contributed by atoms with van der Waals surface area (Å²) >= 11 is 0. The second kappa shape index (κ2) is 8.23. The lowest BCUT2D eigenvalue weighted by Crippen LogP contribution is -2.39. The van der Waals surface area contributed by atoms with E-state index in [1.165, 1.54) is 12.0 Å². The lowest BCUT2D eigenvalue weighted by atomic mass is 9.97. The fourth-order valence-electron chi connectivity index (χ4n) is 3.92. The third-order valence-corrected chi connectivity index (χ3v) is 5.34. The van der Waals surface area contributed by atoms with Crippen molar-refractivity contribution in [2.24, 2.45) is 5.92 Å². The van der Waals surface area contributed by atoms with Gasteiger partial charge in [0.15, 0.2) is 0 Å². The Balaban J connectivity index is 0.00000196. The van der Waals surface area contributed by atoms with Crippen LogP contribution in [-0.2, 0) is 30.7 Å². The number of nitrogens with one attached hydrogen (secondary N) is 1. The normalized spacial score (nSPS) is 19.1. The van der Waals surface area contributed by atoms with Gasteiger partial charge in [0.05, 0.1) is 30.9 Å². The molecule has 1 saturated heterocycles. The number of carbonyl (C=O) groups excluding carboxylic acids is 1. The molecule has 6 heteroatoms. The van der Waals surface area contributed by atoms with Gasteiger partial charge in [-0.3, -0.25) is 9.48 Å². The van der Waals surface area contributed by atoms with E-state index in [1.807, 2.05) is 16.5 Å². The molecule has 1 aromatic heterocycles. The zero-order valence-corrected chi connectivity index (χ0v) is 16.1. The minimum absolute atomic E-state index is 0. The average Bonchev–Trinajstić information content (AvgIpc) is 3.24. The van der Waals surface area contributed by atoms with Crippen molar-refractivity contribution in [2.75, 3.05) is 19.6 Å². The number of fused-ring (bicyclic) bond motifs is 1. The number of rotatable bonds is 4. The molecule has 1 fully saturated rings. The second-order valence-corrected chi connectivity index (χ2v) is 7.37. The molecule has 0 saturated carbocycles. The number of hydrogen-bond acceptors (Lipinski definition) is 3. The monoisotopic (exact) mass is 374 g/mol. The number of aryl methyl sites for hydroxylation is 1. The Hall–Kier alpha value is -1.85. The molecule has 3 heterocycles. The highest BCUT2D eigenvalue weighted by atomic mass is 35.5. The molecule has 0 bridgehead atoms. The summed E-state index contributed by atoms with van der Waals surface area (Å²) in [5, 5.41) is 7.87. The molecular formula is C20H27ClN4O. The van der Waals surface area contributed by atoms with Crippen LogP contribution in [-0.4, -0.2) is 40.2 Å². The van der Waals surface area contributed by atoms with Crippen molar-refractivity contribution >= 4 is 18.3 Å². The van der Waals surface area contributed by atoms with E-state index in [1.54, 1.807) is 0 Å². The number of hydrogen-bond donors (Lipinski definition) is 1. The van der Waals surface area contributed by atoms with Crippen LogP contribution in [0.5, 0.6) is 0 Å². The van der Waals surface area contributed by atoms with Crippen LogP contribution in [0.3, 0.4) is 0 Å². The summed E-state index contributed by atoms with van der Waals surface area (Å²) in [4.78, 5) is 14.6. The van der Waals surface area contributed by atoms with Gasteiger partial charge in [0.1, 0.15) is 0 Å². The van der Waals surface area contributed by atoms with Crippen molar-refractivity contribution < 1.29 is 4.79 Å². The van der Waals surface area contributed by atoms with Crippen molar-refractivity contribution in [2.45, 2.75) is 39.3 Å². The van der Waals surface area contributed by atoms with Gasteiger partial charge >= 0.3 is 0 Å². The SMILES string of the molecule is Cc1cc2n(n1)CCN(C(=O)Cc1ccc(CC3CCNC3)cc1)C2.Cl. The van der Waals surface area contributed by atoms with Gasteiger partial charge in [-0.25, -0.2) is 0 Å². The van der Waals surface area contributed by atoms with E-state index >= 15 is 0 Å². The summed E-state index contributed by atoms with van der Waals surface area (Å²) < 4.78 is 2.02. The summed E-state index contributed by atoms with van der Waals surface area (Å²) in [6.45, 7) is 6.49. The molecule has 0 radical (unpaired) electrons. The lowest BCUT2D eigenvalue weighted by molar-refractivity contribution is -0.132. The minimum Gasteiger partial charge on any atom is -0.335 e. The third kappa shape index (κ3) is 4.27. The van der Waals surface area contributed by atoms with E-state index in [0.29, 0.717) is 13.0 Å². The largest absolute Gasteiger partial charge is 0.335 e. The van der Waals surface area contributed by atoms with Gasteiger partial charge < -0.3 is 10.2 Å². The third-order valence-electron chi connectivity index (χ3n) is 5.34. The maximum Gasteiger partial charge on any atom is 0.227 e. The predicted molar refractivity (Wildman–Crippen MR) is 104 cm³/mol. The number of aromatic nitrogens is 2. The zero-order valence-electron chi connectivity index (χ0n) is 15.3. The summed E-state index contributed by atoms with van der Waals surface area (Å²) in [5.41, 5.74) is 4.64. The van der Waals surface area contributed by atoms with Gasteiger partial charge in [0.2, 0.25) is 5.91 Å². The van der Waals surface area contributed by atoms with Crippen LogP contribution in [0.2, 0.25) is 0 Å². The molecule has 0 spiro atoms. The second-order valence-electron chi connectivity index (χ2n) is 7.37. The molecule has 4 rings (SSSR count). The summed E-state index contributed by atoms with van der Waals surface area (Å²) in [6.07, 6.45) is 2.89. The highest BCUT2D eigenvalue weighted by molar-refractivity contribution is 5.85. The maximum absolute atomic E-state index is 12.6. The molecule has 5 nitrogen and oxygen atoms in total. The Kier molecular flexibility index (Phi) is 5.99. The Morgan fingerprint density at radius 2 is 2.00 bits per heavy atom. The Morgan fingerprint density at radius 1 is 1.23 bits per heavy atom. The molecule has 1 atom stereocenters. The van der Waals surface area contributed by atoms with Gasteiger partial charge in [-0.15, -0.1) is 12.4 Å². The Morgan fingerprint density at radius 3 is 2.73 bits per heavy atom. The van der Waals surface area contributed by atoms with Gasteiger partial charge in [-0.05, 0) is 56.0 Å². The molecule has 2 aliphatic rings. The number of nitrogens with zero attached hydrogens (tertiary/aromatic N) is 3. The van der Waals surface area contributed by atoms with E-state index < -0.39 is 0 Å². The summed E-state index contributed by atoms with van der Waals surface area (Å²) in [5.74, 6) is 0.965. The first-order valence-corrected chi connectivity index (χ1v) is 9.27. The van der Waals surface area contributed by atoms with Crippen molar-refractivity contribution in [3.8, 4) is 0 Å². The molecule has 140 valence electrons.